The lowest BCUT2D eigenvalue weighted by atomic mass is 9.94. The number of aryl methyl sites for hydroxylation is 1. The molecule has 2 aromatic carbocycles. The van der Waals surface area contributed by atoms with E-state index < -0.39 is 5.66 Å². The number of hydrogen-bond acceptors (Lipinski definition) is 3. The van der Waals surface area contributed by atoms with Gasteiger partial charge in [0.25, 0.3) is 11.8 Å². The first-order chi connectivity index (χ1) is 12.6. The normalized spacial score (nSPS) is 20.6. The van der Waals surface area contributed by atoms with Gasteiger partial charge in [-0.05, 0) is 31.0 Å². The fourth-order valence-electron chi connectivity index (χ4n) is 3.92. The molecule has 0 aliphatic carbocycles. The van der Waals surface area contributed by atoms with Gasteiger partial charge >= 0.3 is 0 Å². The third-order valence-corrected chi connectivity index (χ3v) is 5.28. The minimum Gasteiger partial charge on any atom is -0.350 e. The van der Waals surface area contributed by atoms with Crippen molar-refractivity contribution < 1.29 is 9.59 Å². The predicted molar refractivity (Wildman–Crippen MR) is 102 cm³/mol. The van der Waals surface area contributed by atoms with Crippen molar-refractivity contribution in [2.24, 2.45) is 0 Å². The van der Waals surface area contributed by atoms with Crippen LogP contribution in [0, 0.1) is 6.92 Å². The molecular formula is C21H23N3O2. The van der Waals surface area contributed by atoms with Crippen LogP contribution in [0.1, 0.15) is 47.7 Å². The van der Waals surface area contributed by atoms with Crippen molar-refractivity contribution in [1.29, 1.82) is 0 Å². The smallest absolute Gasteiger partial charge is 0.278 e. The molecule has 2 heterocycles. The van der Waals surface area contributed by atoms with Gasteiger partial charge in [-0.25, -0.2) is 0 Å². The van der Waals surface area contributed by atoms with Crippen molar-refractivity contribution in [2.75, 3.05) is 16.8 Å². The van der Waals surface area contributed by atoms with E-state index in [1.807, 2.05) is 48.2 Å². The Balaban J connectivity index is 1.80. The summed E-state index contributed by atoms with van der Waals surface area (Å²) in [6.45, 7) is 4.75. The molecule has 0 saturated carbocycles. The molecular weight excluding hydrogens is 326 g/mol. The van der Waals surface area contributed by atoms with Crippen LogP contribution in [0.25, 0.3) is 0 Å². The van der Waals surface area contributed by atoms with Crippen molar-refractivity contribution in [3.8, 4) is 0 Å². The zero-order valence-corrected chi connectivity index (χ0v) is 15.1. The summed E-state index contributed by atoms with van der Waals surface area (Å²) in [4.78, 5) is 28.1. The highest BCUT2D eigenvalue weighted by atomic mass is 16.2. The van der Waals surface area contributed by atoms with Gasteiger partial charge < -0.3 is 15.5 Å². The Kier molecular flexibility index (Phi) is 3.94. The van der Waals surface area contributed by atoms with Crippen LogP contribution in [0.4, 0.5) is 11.4 Å². The van der Waals surface area contributed by atoms with Crippen molar-refractivity contribution in [1.82, 2.24) is 5.32 Å². The number of hydrogen-bond donors (Lipinski definition) is 2. The maximum atomic E-state index is 13.4. The minimum absolute atomic E-state index is 0.114. The highest BCUT2D eigenvalue weighted by Gasteiger charge is 2.54. The monoisotopic (exact) mass is 349 g/mol. The summed E-state index contributed by atoms with van der Waals surface area (Å²) in [6.07, 6.45) is 3.10. The SMILES string of the molecule is CCCCCN1C(=O)[C@@]2(NC(=O)c3cccc(C)c3N2)c2ccccc21. The van der Waals surface area contributed by atoms with E-state index in [2.05, 4.69) is 17.6 Å². The van der Waals surface area contributed by atoms with E-state index in [4.69, 9.17) is 0 Å². The first kappa shape index (κ1) is 16.6. The fourth-order valence-corrected chi connectivity index (χ4v) is 3.92. The number of carbonyl (C=O) groups excluding carboxylic acids is 2. The second-order valence-electron chi connectivity index (χ2n) is 7.01. The van der Waals surface area contributed by atoms with E-state index in [0.29, 0.717) is 12.1 Å². The maximum absolute atomic E-state index is 13.4. The Labute approximate surface area is 153 Å². The van der Waals surface area contributed by atoms with Crippen LogP contribution in [-0.2, 0) is 10.5 Å². The van der Waals surface area contributed by atoms with Gasteiger partial charge in [-0.3, -0.25) is 9.59 Å². The highest BCUT2D eigenvalue weighted by molar-refractivity contribution is 6.15. The minimum atomic E-state index is -1.22. The summed E-state index contributed by atoms with van der Waals surface area (Å²) in [6, 6.07) is 13.3. The summed E-state index contributed by atoms with van der Waals surface area (Å²) < 4.78 is 0. The molecule has 5 heteroatoms. The van der Waals surface area contributed by atoms with Gasteiger partial charge in [0.05, 0.1) is 16.9 Å². The van der Waals surface area contributed by atoms with Crippen LogP contribution in [0.3, 0.4) is 0 Å². The molecule has 2 aliphatic heterocycles. The van der Waals surface area contributed by atoms with Crippen LogP contribution < -0.4 is 15.5 Å². The number of fused-ring (bicyclic) bond motifs is 3. The fraction of sp³-hybridized carbons (Fsp3) is 0.333. The largest absolute Gasteiger partial charge is 0.350 e. The van der Waals surface area contributed by atoms with Gasteiger partial charge in [-0.2, -0.15) is 0 Å². The molecule has 2 amide bonds. The van der Waals surface area contributed by atoms with Crippen LogP contribution in [-0.4, -0.2) is 18.4 Å². The quantitative estimate of drug-likeness (QED) is 0.830. The summed E-state index contributed by atoms with van der Waals surface area (Å²) in [5.74, 6) is -0.335. The Morgan fingerprint density at radius 3 is 2.62 bits per heavy atom. The number of para-hydroxylation sites is 2. The lowest BCUT2D eigenvalue weighted by Crippen LogP contribution is -2.60. The summed E-state index contributed by atoms with van der Waals surface area (Å²) >= 11 is 0. The lowest BCUT2D eigenvalue weighted by molar-refractivity contribution is -0.123. The number of amides is 2. The summed E-state index contributed by atoms with van der Waals surface area (Å²) in [7, 11) is 0. The maximum Gasteiger partial charge on any atom is 0.278 e. The van der Waals surface area contributed by atoms with Crippen molar-refractivity contribution >= 4 is 23.2 Å². The zero-order chi connectivity index (χ0) is 18.3. The molecule has 0 radical (unpaired) electrons. The Morgan fingerprint density at radius 1 is 1.00 bits per heavy atom. The number of anilines is 2. The van der Waals surface area contributed by atoms with Crippen molar-refractivity contribution in [2.45, 2.75) is 38.8 Å². The number of rotatable bonds is 4. The first-order valence-electron chi connectivity index (χ1n) is 9.20. The molecule has 134 valence electrons. The van der Waals surface area contributed by atoms with E-state index in [1.165, 1.54) is 0 Å². The first-order valence-corrected chi connectivity index (χ1v) is 9.20. The van der Waals surface area contributed by atoms with Crippen molar-refractivity contribution in [3.05, 3.63) is 59.2 Å². The van der Waals surface area contributed by atoms with E-state index in [9.17, 15) is 9.59 Å². The molecule has 5 nitrogen and oxygen atoms in total. The van der Waals surface area contributed by atoms with Crippen LogP contribution >= 0.6 is 0 Å². The van der Waals surface area contributed by atoms with E-state index in [0.717, 1.165) is 41.8 Å². The molecule has 0 fully saturated rings. The van der Waals surface area contributed by atoms with Gasteiger partial charge in [0.15, 0.2) is 0 Å². The Hall–Kier alpha value is -2.82. The third-order valence-electron chi connectivity index (χ3n) is 5.28. The van der Waals surface area contributed by atoms with Gasteiger partial charge in [-0.15, -0.1) is 0 Å². The molecule has 2 aromatic rings. The van der Waals surface area contributed by atoms with Crippen LogP contribution in [0.5, 0.6) is 0 Å². The molecule has 1 atom stereocenters. The molecule has 2 N–H and O–H groups in total. The number of benzene rings is 2. The average Bonchev–Trinajstić information content (AvgIpc) is 2.86. The Bertz CT molecular complexity index is 893. The summed E-state index contributed by atoms with van der Waals surface area (Å²) in [5, 5.41) is 6.33. The molecule has 1 spiro atoms. The molecule has 2 aliphatic rings. The number of carbonyl (C=O) groups is 2. The lowest BCUT2D eigenvalue weighted by Gasteiger charge is -2.37. The molecule has 26 heavy (non-hydrogen) atoms. The van der Waals surface area contributed by atoms with E-state index >= 15 is 0 Å². The second-order valence-corrected chi connectivity index (χ2v) is 7.01. The molecule has 0 unspecified atom stereocenters. The van der Waals surface area contributed by atoms with Gasteiger partial charge in [0.2, 0.25) is 5.66 Å². The summed E-state index contributed by atoms with van der Waals surface area (Å²) in [5.41, 5.74) is 2.72. The van der Waals surface area contributed by atoms with Crippen molar-refractivity contribution in [3.63, 3.8) is 0 Å². The Morgan fingerprint density at radius 2 is 1.81 bits per heavy atom. The number of unbranched alkanes of at least 4 members (excludes halogenated alkanes) is 2. The predicted octanol–water partition coefficient (Wildman–Crippen LogP) is 3.54. The molecule has 0 bridgehead atoms. The standard InChI is InChI=1S/C21H23N3O2/c1-3-4-7-13-24-17-12-6-5-11-16(17)21(20(24)26)22-18-14(2)9-8-10-15(18)19(25)23-21/h5-6,8-12,22H,3-4,7,13H2,1-2H3,(H,23,25)/t21-/m0/s1. The topological polar surface area (TPSA) is 61.4 Å². The number of nitrogens with zero attached hydrogens (tertiary/aromatic N) is 1. The average molecular weight is 349 g/mol. The van der Waals surface area contributed by atoms with Gasteiger partial charge in [0.1, 0.15) is 0 Å². The van der Waals surface area contributed by atoms with Crippen LogP contribution in [0.2, 0.25) is 0 Å². The molecule has 0 aromatic heterocycles. The second kappa shape index (κ2) is 6.16. The third kappa shape index (κ3) is 2.30. The van der Waals surface area contributed by atoms with Gasteiger partial charge in [0, 0.05) is 12.1 Å². The van der Waals surface area contributed by atoms with Gasteiger partial charge in [-0.1, -0.05) is 50.1 Å². The number of nitrogens with one attached hydrogen (secondary N) is 2. The van der Waals surface area contributed by atoms with E-state index in [1.54, 1.807) is 6.07 Å². The van der Waals surface area contributed by atoms with E-state index in [-0.39, 0.29) is 11.8 Å². The van der Waals surface area contributed by atoms with Crippen LogP contribution in [0.15, 0.2) is 42.5 Å². The molecule has 0 saturated heterocycles. The molecule has 4 rings (SSSR count). The highest BCUT2D eigenvalue weighted by Crippen LogP contribution is 2.44. The zero-order valence-electron chi connectivity index (χ0n) is 15.1.